The highest BCUT2D eigenvalue weighted by molar-refractivity contribution is 5.94. The van der Waals surface area contributed by atoms with Gasteiger partial charge in [-0.05, 0) is 18.2 Å². The van der Waals surface area contributed by atoms with Gasteiger partial charge in [-0.2, -0.15) is 10.2 Å². The number of halogens is 2. The summed E-state index contributed by atoms with van der Waals surface area (Å²) in [7, 11) is 0. The van der Waals surface area contributed by atoms with E-state index in [-0.39, 0.29) is 11.3 Å². The van der Waals surface area contributed by atoms with Gasteiger partial charge >= 0.3 is 0 Å². The number of hydrogen-bond donors (Lipinski definition) is 2. The Balaban J connectivity index is 1.70. The normalized spacial score (nSPS) is 10.9. The van der Waals surface area contributed by atoms with Gasteiger partial charge in [-0.15, -0.1) is 0 Å². The van der Waals surface area contributed by atoms with E-state index in [0.717, 1.165) is 23.9 Å². The Bertz CT molecular complexity index is 870. The van der Waals surface area contributed by atoms with Crippen LogP contribution in [0.5, 0.6) is 0 Å². The summed E-state index contributed by atoms with van der Waals surface area (Å²) in [5, 5.41) is 10.2. The van der Waals surface area contributed by atoms with Crippen LogP contribution in [0.1, 0.15) is 16.1 Å². The molecule has 0 atom stereocenters. The standard InChI is InChI=1S/C17H12F2N4O/c18-13-7-4-8-14(19)12(13)10-20-23-17(24)16-9-15(21-22-16)11-5-2-1-3-6-11/h1-10H,(H,21,22)(H,23,24)/b20-10-. The number of H-pyrrole nitrogens is 1. The summed E-state index contributed by atoms with van der Waals surface area (Å²) in [5.74, 6) is -2.10. The first-order chi connectivity index (χ1) is 11.6. The van der Waals surface area contributed by atoms with Gasteiger partial charge in [0.25, 0.3) is 5.91 Å². The highest BCUT2D eigenvalue weighted by Gasteiger charge is 2.10. The minimum absolute atomic E-state index is 0.181. The van der Waals surface area contributed by atoms with Crippen molar-refractivity contribution in [2.45, 2.75) is 0 Å². The van der Waals surface area contributed by atoms with Gasteiger partial charge in [-0.1, -0.05) is 36.4 Å². The fraction of sp³-hybridized carbons (Fsp3) is 0. The number of benzene rings is 2. The quantitative estimate of drug-likeness (QED) is 0.571. The van der Waals surface area contributed by atoms with E-state index in [1.807, 2.05) is 30.3 Å². The third kappa shape index (κ3) is 3.35. The lowest BCUT2D eigenvalue weighted by atomic mass is 10.1. The van der Waals surface area contributed by atoms with Crippen molar-refractivity contribution in [1.82, 2.24) is 15.6 Å². The largest absolute Gasteiger partial charge is 0.289 e. The molecule has 0 saturated heterocycles. The minimum Gasteiger partial charge on any atom is -0.272 e. The number of rotatable bonds is 4. The number of amides is 1. The molecule has 3 rings (SSSR count). The van der Waals surface area contributed by atoms with Gasteiger partial charge in [0.1, 0.15) is 17.3 Å². The van der Waals surface area contributed by atoms with Crippen LogP contribution in [-0.2, 0) is 0 Å². The van der Waals surface area contributed by atoms with Crippen LogP contribution in [0.25, 0.3) is 11.3 Å². The van der Waals surface area contributed by atoms with Crippen LogP contribution in [0.4, 0.5) is 8.78 Å². The number of nitrogens with zero attached hydrogens (tertiary/aromatic N) is 2. The zero-order valence-electron chi connectivity index (χ0n) is 12.3. The van der Waals surface area contributed by atoms with E-state index in [4.69, 9.17) is 0 Å². The molecular weight excluding hydrogens is 314 g/mol. The molecular formula is C17H12F2N4O. The first-order valence-corrected chi connectivity index (χ1v) is 7.03. The third-order valence-corrected chi connectivity index (χ3v) is 3.25. The summed E-state index contributed by atoms with van der Waals surface area (Å²) >= 11 is 0. The maximum Gasteiger partial charge on any atom is 0.289 e. The molecule has 7 heteroatoms. The second-order valence-corrected chi connectivity index (χ2v) is 4.87. The molecule has 0 unspecified atom stereocenters. The van der Waals surface area contributed by atoms with E-state index in [1.165, 1.54) is 6.07 Å². The zero-order valence-corrected chi connectivity index (χ0v) is 12.3. The number of aromatic nitrogens is 2. The van der Waals surface area contributed by atoms with Gasteiger partial charge < -0.3 is 0 Å². The van der Waals surface area contributed by atoms with Crippen LogP contribution in [0.2, 0.25) is 0 Å². The van der Waals surface area contributed by atoms with Gasteiger partial charge in [0.2, 0.25) is 0 Å². The molecule has 0 spiro atoms. The average Bonchev–Trinajstić information content (AvgIpc) is 3.08. The molecule has 0 saturated carbocycles. The number of hydrogen-bond acceptors (Lipinski definition) is 3. The van der Waals surface area contributed by atoms with Crippen molar-refractivity contribution in [3.05, 3.63) is 77.5 Å². The molecule has 0 aliphatic heterocycles. The van der Waals surface area contributed by atoms with Gasteiger partial charge in [0.15, 0.2) is 0 Å². The van der Waals surface area contributed by atoms with Crippen molar-refractivity contribution in [3.63, 3.8) is 0 Å². The maximum atomic E-state index is 13.4. The van der Waals surface area contributed by atoms with Crippen molar-refractivity contribution in [3.8, 4) is 11.3 Å². The van der Waals surface area contributed by atoms with E-state index in [2.05, 4.69) is 20.7 Å². The first-order valence-electron chi connectivity index (χ1n) is 7.03. The molecule has 2 aromatic carbocycles. The van der Waals surface area contributed by atoms with E-state index < -0.39 is 17.5 Å². The molecule has 0 fully saturated rings. The maximum absolute atomic E-state index is 13.4. The number of nitrogens with one attached hydrogen (secondary N) is 2. The summed E-state index contributed by atoms with van der Waals surface area (Å²) in [6, 6.07) is 14.3. The number of carbonyl (C=O) groups excluding carboxylic acids is 1. The molecule has 1 aromatic heterocycles. The smallest absolute Gasteiger partial charge is 0.272 e. The lowest BCUT2D eigenvalue weighted by Crippen LogP contribution is -2.18. The lowest BCUT2D eigenvalue weighted by Gasteiger charge is -1.98. The SMILES string of the molecule is O=C(N/N=C\c1c(F)cccc1F)c1cc(-c2ccccc2)n[nH]1. The predicted octanol–water partition coefficient (Wildman–Crippen LogP) is 3.12. The fourth-order valence-corrected chi connectivity index (χ4v) is 2.04. The van der Waals surface area contributed by atoms with Gasteiger partial charge in [-0.25, -0.2) is 14.2 Å². The monoisotopic (exact) mass is 326 g/mol. The summed E-state index contributed by atoms with van der Waals surface area (Å²) in [5.41, 5.74) is 3.50. The van der Waals surface area contributed by atoms with Crippen LogP contribution in [0.3, 0.4) is 0 Å². The number of carbonyl (C=O) groups is 1. The van der Waals surface area contributed by atoms with Crippen LogP contribution >= 0.6 is 0 Å². The Morgan fingerprint density at radius 1 is 1.08 bits per heavy atom. The molecule has 0 aliphatic rings. The van der Waals surface area contributed by atoms with Crippen molar-refractivity contribution in [1.29, 1.82) is 0 Å². The van der Waals surface area contributed by atoms with E-state index in [9.17, 15) is 13.6 Å². The van der Waals surface area contributed by atoms with Crippen molar-refractivity contribution in [2.75, 3.05) is 0 Å². The Kier molecular flexibility index (Phi) is 4.42. The Labute approximate surface area is 136 Å². The molecule has 1 amide bonds. The van der Waals surface area contributed by atoms with Crippen LogP contribution < -0.4 is 5.43 Å². The number of aromatic amines is 1. The van der Waals surface area contributed by atoms with Crippen LogP contribution in [-0.4, -0.2) is 22.3 Å². The summed E-state index contributed by atoms with van der Waals surface area (Å²) in [4.78, 5) is 12.0. The summed E-state index contributed by atoms with van der Waals surface area (Å²) in [6.07, 6.45) is 0.914. The molecule has 24 heavy (non-hydrogen) atoms. The molecule has 1 heterocycles. The van der Waals surface area contributed by atoms with Gasteiger partial charge in [-0.3, -0.25) is 9.89 Å². The Morgan fingerprint density at radius 3 is 2.50 bits per heavy atom. The van der Waals surface area contributed by atoms with Crippen molar-refractivity contribution in [2.24, 2.45) is 5.10 Å². The van der Waals surface area contributed by atoms with Crippen molar-refractivity contribution >= 4 is 12.1 Å². The summed E-state index contributed by atoms with van der Waals surface area (Å²) in [6.45, 7) is 0. The summed E-state index contributed by atoms with van der Waals surface area (Å²) < 4.78 is 26.9. The van der Waals surface area contributed by atoms with Crippen LogP contribution in [0.15, 0.2) is 59.7 Å². The molecule has 5 nitrogen and oxygen atoms in total. The molecule has 3 aromatic rings. The molecule has 0 radical (unpaired) electrons. The van der Waals surface area contributed by atoms with Crippen molar-refractivity contribution < 1.29 is 13.6 Å². The second kappa shape index (κ2) is 6.82. The van der Waals surface area contributed by atoms with E-state index >= 15 is 0 Å². The van der Waals surface area contributed by atoms with Gasteiger partial charge in [0, 0.05) is 5.56 Å². The second-order valence-electron chi connectivity index (χ2n) is 4.87. The Hall–Kier alpha value is -3.35. The Morgan fingerprint density at radius 2 is 1.79 bits per heavy atom. The molecule has 120 valence electrons. The molecule has 2 N–H and O–H groups in total. The topological polar surface area (TPSA) is 70.1 Å². The van der Waals surface area contributed by atoms with E-state index in [0.29, 0.717) is 5.69 Å². The van der Waals surface area contributed by atoms with Gasteiger partial charge in [0.05, 0.1) is 17.5 Å². The molecule has 0 bridgehead atoms. The predicted molar refractivity (Wildman–Crippen MR) is 85.4 cm³/mol. The highest BCUT2D eigenvalue weighted by Crippen LogP contribution is 2.16. The average molecular weight is 326 g/mol. The zero-order chi connectivity index (χ0) is 16.9. The lowest BCUT2D eigenvalue weighted by molar-refractivity contribution is 0.0950. The molecule has 0 aliphatic carbocycles. The van der Waals surface area contributed by atoms with Crippen LogP contribution in [0, 0.1) is 11.6 Å². The fourth-order valence-electron chi connectivity index (χ4n) is 2.04. The number of hydrazone groups is 1. The first kappa shape index (κ1) is 15.5. The highest BCUT2D eigenvalue weighted by atomic mass is 19.1. The van der Waals surface area contributed by atoms with E-state index in [1.54, 1.807) is 6.07 Å². The minimum atomic E-state index is -0.763. The third-order valence-electron chi connectivity index (χ3n) is 3.25.